The van der Waals surface area contributed by atoms with Crippen molar-refractivity contribution in [3.05, 3.63) is 51.2 Å². The Bertz CT molecular complexity index is 586. The third-order valence-corrected chi connectivity index (χ3v) is 3.30. The monoisotopic (exact) mass is 261 g/mol. The van der Waals surface area contributed by atoms with Crippen LogP contribution in [0.2, 0.25) is 0 Å². The number of halogens is 1. The van der Waals surface area contributed by atoms with Crippen LogP contribution in [-0.4, -0.2) is 4.98 Å². The smallest absolute Gasteiger partial charge is 0.123 e. The summed E-state index contributed by atoms with van der Waals surface area (Å²) in [6.45, 7) is 3.03. The molecule has 1 aromatic heterocycles. The average molecular weight is 261 g/mol. The molecule has 0 aliphatic rings. The number of thiazole rings is 1. The molecule has 0 unspecified atom stereocenters. The quantitative estimate of drug-likeness (QED) is 0.920. The summed E-state index contributed by atoms with van der Waals surface area (Å²) in [7, 11) is 0. The van der Waals surface area contributed by atoms with E-state index in [1.165, 1.54) is 18.2 Å². The molecule has 92 valence electrons. The Morgan fingerprint density at radius 2 is 2.28 bits per heavy atom. The van der Waals surface area contributed by atoms with E-state index in [4.69, 9.17) is 5.26 Å². The summed E-state index contributed by atoms with van der Waals surface area (Å²) in [5.74, 6) is -0.324. The lowest BCUT2D eigenvalue weighted by Crippen LogP contribution is -2.14. The van der Waals surface area contributed by atoms with Crippen molar-refractivity contribution in [2.75, 3.05) is 0 Å². The number of rotatable bonds is 4. The van der Waals surface area contributed by atoms with Crippen molar-refractivity contribution in [1.29, 1.82) is 5.26 Å². The molecule has 0 bridgehead atoms. The van der Waals surface area contributed by atoms with Crippen LogP contribution in [0.1, 0.15) is 21.8 Å². The molecule has 0 spiro atoms. The van der Waals surface area contributed by atoms with E-state index >= 15 is 0 Å². The topological polar surface area (TPSA) is 48.7 Å². The SMILES string of the molecule is Cc1nc(CNCc2cc(F)ccc2C#N)cs1. The van der Waals surface area contributed by atoms with Gasteiger partial charge in [0.25, 0.3) is 0 Å². The zero-order valence-electron chi connectivity index (χ0n) is 9.90. The van der Waals surface area contributed by atoms with E-state index in [2.05, 4.69) is 16.4 Å². The second-order valence-corrected chi connectivity index (χ2v) is 4.94. The van der Waals surface area contributed by atoms with Crippen molar-refractivity contribution in [2.24, 2.45) is 0 Å². The van der Waals surface area contributed by atoms with Crippen molar-refractivity contribution in [3.63, 3.8) is 0 Å². The molecule has 3 nitrogen and oxygen atoms in total. The van der Waals surface area contributed by atoms with E-state index < -0.39 is 0 Å². The Balaban J connectivity index is 1.98. The minimum Gasteiger partial charge on any atom is -0.307 e. The fraction of sp³-hybridized carbons (Fsp3) is 0.231. The molecule has 0 amide bonds. The molecular weight excluding hydrogens is 249 g/mol. The molecule has 0 saturated heterocycles. The molecule has 0 atom stereocenters. The maximum Gasteiger partial charge on any atom is 0.123 e. The van der Waals surface area contributed by atoms with Crippen molar-refractivity contribution < 1.29 is 4.39 Å². The van der Waals surface area contributed by atoms with E-state index in [0.29, 0.717) is 24.2 Å². The number of aryl methyl sites for hydroxylation is 1. The summed E-state index contributed by atoms with van der Waals surface area (Å²) in [5, 5.41) is 15.1. The van der Waals surface area contributed by atoms with Crippen LogP contribution in [0, 0.1) is 24.1 Å². The van der Waals surface area contributed by atoms with Gasteiger partial charge >= 0.3 is 0 Å². The van der Waals surface area contributed by atoms with Crippen LogP contribution in [0.25, 0.3) is 0 Å². The summed E-state index contributed by atoms with van der Waals surface area (Å²) in [6, 6.07) is 6.24. The fourth-order valence-electron chi connectivity index (χ4n) is 1.63. The first kappa shape index (κ1) is 12.7. The van der Waals surface area contributed by atoms with Crippen LogP contribution in [0.5, 0.6) is 0 Å². The Kier molecular flexibility index (Phi) is 4.03. The third kappa shape index (κ3) is 3.13. The Labute approximate surface area is 109 Å². The average Bonchev–Trinajstić information content (AvgIpc) is 2.75. The van der Waals surface area contributed by atoms with Crippen molar-refractivity contribution in [2.45, 2.75) is 20.0 Å². The largest absolute Gasteiger partial charge is 0.307 e. The number of nitriles is 1. The van der Waals surface area contributed by atoms with Gasteiger partial charge in [0, 0.05) is 18.5 Å². The van der Waals surface area contributed by atoms with Gasteiger partial charge in [0.05, 0.1) is 22.3 Å². The van der Waals surface area contributed by atoms with Gasteiger partial charge in [-0.15, -0.1) is 11.3 Å². The number of hydrogen-bond acceptors (Lipinski definition) is 4. The fourth-order valence-corrected chi connectivity index (χ4v) is 2.24. The molecule has 0 saturated carbocycles. The predicted molar refractivity (Wildman–Crippen MR) is 68.5 cm³/mol. The van der Waals surface area contributed by atoms with Gasteiger partial charge < -0.3 is 5.32 Å². The van der Waals surface area contributed by atoms with E-state index in [0.717, 1.165) is 10.7 Å². The molecule has 0 aliphatic carbocycles. The minimum atomic E-state index is -0.324. The first-order valence-corrected chi connectivity index (χ1v) is 6.37. The summed E-state index contributed by atoms with van der Waals surface area (Å²) in [6.07, 6.45) is 0. The van der Waals surface area contributed by atoms with Gasteiger partial charge in [-0.25, -0.2) is 9.37 Å². The molecule has 0 aliphatic heterocycles. The van der Waals surface area contributed by atoms with Crippen LogP contribution >= 0.6 is 11.3 Å². The highest BCUT2D eigenvalue weighted by molar-refractivity contribution is 7.09. The van der Waals surface area contributed by atoms with Gasteiger partial charge in [-0.2, -0.15) is 5.26 Å². The van der Waals surface area contributed by atoms with Crippen LogP contribution in [0.3, 0.4) is 0 Å². The highest BCUT2D eigenvalue weighted by Crippen LogP contribution is 2.11. The van der Waals surface area contributed by atoms with E-state index in [1.54, 1.807) is 11.3 Å². The lowest BCUT2D eigenvalue weighted by Gasteiger charge is -2.05. The number of aromatic nitrogens is 1. The molecule has 0 radical (unpaired) electrons. The summed E-state index contributed by atoms with van der Waals surface area (Å²) < 4.78 is 13.1. The van der Waals surface area contributed by atoms with E-state index in [1.807, 2.05) is 12.3 Å². The van der Waals surface area contributed by atoms with Gasteiger partial charge in [0.2, 0.25) is 0 Å². The van der Waals surface area contributed by atoms with Crippen LogP contribution in [0.4, 0.5) is 4.39 Å². The van der Waals surface area contributed by atoms with E-state index in [-0.39, 0.29) is 5.82 Å². The van der Waals surface area contributed by atoms with Crippen LogP contribution in [0.15, 0.2) is 23.6 Å². The zero-order valence-corrected chi connectivity index (χ0v) is 10.7. The standard InChI is InChI=1S/C13H12FN3S/c1-9-17-13(8-18-9)7-16-6-11-4-12(14)3-2-10(11)5-15/h2-4,8,16H,6-7H2,1H3. The first-order chi connectivity index (χ1) is 8.69. The lowest BCUT2D eigenvalue weighted by atomic mass is 10.1. The second-order valence-electron chi connectivity index (χ2n) is 3.87. The number of nitrogens with one attached hydrogen (secondary N) is 1. The Morgan fingerprint density at radius 1 is 1.44 bits per heavy atom. The Morgan fingerprint density at radius 3 is 2.94 bits per heavy atom. The van der Waals surface area contributed by atoms with Gasteiger partial charge in [-0.05, 0) is 30.7 Å². The summed E-state index contributed by atoms with van der Waals surface area (Å²) in [5.41, 5.74) is 2.13. The number of hydrogen-bond donors (Lipinski definition) is 1. The molecule has 0 fully saturated rings. The molecular formula is C13H12FN3S. The third-order valence-electron chi connectivity index (χ3n) is 2.48. The second kappa shape index (κ2) is 5.71. The molecule has 1 heterocycles. The van der Waals surface area contributed by atoms with Crippen LogP contribution < -0.4 is 5.32 Å². The normalized spacial score (nSPS) is 10.3. The minimum absolute atomic E-state index is 0.324. The van der Waals surface area contributed by atoms with Gasteiger partial charge in [-0.3, -0.25) is 0 Å². The maximum atomic E-state index is 13.1. The highest BCUT2D eigenvalue weighted by Gasteiger charge is 2.04. The van der Waals surface area contributed by atoms with Gasteiger partial charge in [-0.1, -0.05) is 0 Å². The van der Waals surface area contributed by atoms with Gasteiger partial charge in [0.1, 0.15) is 5.82 Å². The molecule has 1 N–H and O–H groups in total. The van der Waals surface area contributed by atoms with Crippen molar-refractivity contribution in [1.82, 2.24) is 10.3 Å². The van der Waals surface area contributed by atoms with Gasteiger partial charge in [0.15, 0.2) is 0 Å². The lowest BCUT2D eigenvalue weighted by molar-refractivity contribution is 0.619. The number of benzene rings is 1. The molecule has 2 aromatic rings. The Hall–Kier alpha value is -1.77. The number of nitrogens with zero attached hydrogens (tertiary/aromatic N) is 2. The predicted octanol–water partition coefficient (Wildman–Crippen LogP) is 2.75. The van der Waals surface area contributed by atoms with Crippen LogP contribution in [-0.2, 0) is 13.1 Å². The molecule has 2 rings (SSSR count). The molecule has 18 heavy (non-hydrogen) atoms. The maximum absolute atomic E-state index is 13.1. The van der Waals surface area contributed by atoms with Crippen molar-refractivity contribution >= 4 is 11.3 Å². The molecule has 1 aromatic carbocycles. The van der Waals surface area contributed by atoms with E-state index in [9.17, 15) is 4.39 Å². The van der Waals surface area contributed by atoms with Crippen molar-refractivity contribution in [3.8, 4) is 6.07 Å². The summed E-state index contributed by atoms with van der Waals surface area (Å²) >= 11 is 1.60. The zero-order chi connectivity index (χ0) is 13.0. The highest BCUT2D eigenvalue weighted by atomic mass is 32.1. The summed E-state index contributed by atoms with van der Waals surface area (Å²) in [4.78, 5) is 4.32. The first-order valence-electron chi connectivity index (χ1n) is 5.49. The molecule has 5 heteroatoms.